The first-order valence-electron chi connectivity index (χ1n) is 10.6. The summed E-state index contributed by atoms with van der Waals surface area (Å²) in [5.41, 5.74) is 2.65. The van der Waals surface area contributed by atoms with Gasteiger partial charge in [-0.2, -0.15) is 0 Å². The molecule has 0 aromatic heterocycles. The van der Waals surface area contributed by atoms with Crippen LogP contribution in [0.1, 0.15) is 29.2 Å². The molecule has 5 nitrogen and oxygen atoms in total. The van der Waals surface area contributed by atoms with Gasteiger partial charge in [0.1, 0.15) is 6.04 Å². The molecule has 0 saturated heterocycles. The molecule has 0 spiro atoms. The molecular formula is C26H27ClN2O3. The zero-order chi connectivity index (χ0) is 22.8. The zero-order valence-electron chi connectivity index (χ0n) is 17.8. The third-order valence-electron chi connectivity index (χ3n) is 5.14. The third kappa shape index (κ3) is 6.67. The standard InChI is InChI=1S/C26H27ClN2O3/c27-23-14-11-21(12-15-23)19-29(24(31)16-13-20-7-3-1-4-8-20)25(26(32)28-17-18-30)22-9-5-2-6-10-22/h1-12,14-15,25,30H,13,16-19H2,(H,28,32)/t25-/m0/s1. The van der Waals surface area contributed by atoms with Gasteiger partial charge in [0.15, 0.2) is 0 Å². The Morgan fingerprint density at radius 3 is 2.12 bits per heavy atom. The van der Waals surface area contributed by atoms with Crippen LogP contribution in [-0.2, 0) is 22.6 Å². The van der Waals surface area contributed by atoms with E-state index in [9.17, 15) is 14.7 Å². The molecule has 0 aliphatic heterocycles. The number of hydrogen-bond donors (Lipinski definition) is 2. The van der Waals surface area contributed by atoms with Crippen molar-refractivity contribution in [2.24, 2.45) is 0 Å². The molecule has 0 radical (unpaired) electrons. The lowest BCUT2D eigenvalue weighted by atomic mass is 10.0. The van der Waals surface area contributed by atoms with Crippen LogP contribution in [0.15, 0.2) is 84.9 Å². The van der Waals surface area contributed by atoms with E-state index in [4.69, 9.17) is 11.6 Å². The summed E-state index contributed by atoms with van der Waals surface area (Å²) >= 11 is 6.03. The van der Waals surface area contributed by atoms with E-state index in [1.165, 1.54) is 0 Å². The number of amides is 2. The number of aliphatic hydroxyl groups excluding tert-OH is 1. The van der Waals surface area contributed by atoms with Crippen molar-refractivity contribution >= 4 is 23.4 Å². The molecule has 3 aromatic carbocycles. The van der Waals surface area contributed by atoms with Crippen molar-refractivity contribution in [1.82, 2.24) is 10.2 Å². The van der Waals surface area contributed by atoms with Gasteiger partial charge in [0.2, 0.25) is 11.8 Å². The van der Waals surface area contributed by atoms with Crippen molar-refractivity contribution in [2.45, 2.75) is 25.4 Å². The van der Waals surface area contributed by atoms with Gasteiger partial charge in [-0.15, -0.1) is 0 Å². The van der Waals surface area contributed by atoms with Gasteiger partial charge in [-0.1, -0.05) is 84.4 Å². The molecule has 1 atom stereocenters. The Bertz CT molecular complexity index is 995. The second kappa shape index (κ2) is 12.0. The van der Waals surface area contributed by atoms with Gasteiger partial charge in [-0.05, 0) is 35.2 Å². The fourth-order valence-corrected chi connectivity index (χ4v) is 3.66. The van der Waals surface area contributed by atoms with Gasteiger partial charge in [-0.25, -0.2) is 0 Å². The summed E-state index contributed by atoms with van der Waals surface area (Å²) in [7, 11) is 0. The molecule has 2 amide bonds. The molecule has 166 valence electrons. The molecule has 32 heavy (non-hydrogen) atoms. The van der Waals surface area contributed by atoms with Crippen molar-refractivity contribution in [3.8, 4) is 0 Å². The maximum absolute atomic E-state index is 13.5. The summed E-state index contributed by atoms with van der Waals surface area (Å²) in [6.45, 7) is 0.207. The van der Waals surface area contributed by atoms with Crippen LogP contribution < -0.4 is 5.32 Å². The normalized spacial score (nSPS) is 11.6. The smallest absolute Gasteiger partial charge is 0.247 e. The van der Waals surface area contributed by atoms with E-state index >= 15 is 0 Å². The quantitative estimate of drug-likeness (QED) is 0.487. The van der Waals surface area contributed by atoms with Crippen molar-refractivity contribution in [1.29, 1.82) is 0 Å². The van der Waals surface area contributed by atoms with E-state index in [1.54, 1.807) is 17.0 Å². The minimum atomic E-state index is -0.818. The number of carbonyl (C=O) groups is 2. The summed E-state index contributed by atoms with van der Waals surface area (Å²) in [6, 6.07) is 25.5. The molecule has 0 unspecified atom stereocenters. The summed E-state index contributed by atoms with van der Waals surface area (Å²) in [5, 5.41) is 12.5. The van der Waals surface area contributed by atoms with Crippen LogP contribution in [-0.4, -0.2) is 35.0 Å². The molecule has 0 aliphatic rings. The van der Waals surface area contributed by atoms with Gasteiger partial charge < -0.3 is 15.3 Å². The van der Waals surface area contributed by atoms with Gasteiger partial charge in [0.05, 0.1) is 6.61 Å². The van der Waals surface area contributed by atoms with E-state index in [2.05, 4.69) is 5.32 Å². The van der Waals surface area contributed by atoms with Crippen LogP contribution in [0.5, 0.6) is 0 Å². The SMILES string of the molecule is O=C(NCCO)[C@H](c1ccccc1)N(Cc1ccc(Cl)cc1)C(=O)CCc1ccccc1. The molecular weight excluding hydrogens is 424 g/mol. The number of benzene rings is 3. The number of nitrogens with zero attached hydrogens (tertiary/aromatic N) is 1. The average molecular weight is 451 g/mol. The Balaban J connectivity index is 1.91. The van der Waals surface area contributed by atoms with Gasteiger partial charge in [0, 0.05) is 24.5 Å². The lowest BCUT2D eigenvalue weighted by molar-refractivity contribution is -0.141. The molecule has 0 heterocycles. The fraction of sp³-hybridized carbons (Fsp3) is 0.231. The Kier molecular flexibility index (Phi) is 8.84. The van der Waals surface area contributed by atoms with Crippen molar-refractivity contribution < 1.29 is 14.7 Å². The highest BCUT2D eigenvalue weighted by molar-refractivity contribution is 6.30. The first kappa shape index (κ1) is 23.5. The van der Waals surface area contributed by atoms with E-state index in [0.717, 1.165) is 11.1 Å². The summed E-state index contributed by atoms with van der Waals surface area (Å²) < 4.78 is 0. The van der Waals surface area contributed by atoms with Crippen molar-refractivity contribution in [2.75, 3.05) is 13.2 Å². The van der Waals surface area contributed by atoms with Crippen LogP contribution in [0.25, 0.3) is 0 Å². The predicted octanol–water partition coefficient (Wildman–Crippen LogP) is 4.15. The second-order valence-corrected chi connectivity index (χ2v) is 7.90. The monoisotopic (exact) mass is 450 g/mol. The average Bonchev–Trinajstić information content (AvgIpc) is 2.83. The van der Waals surface area contributed by atoms with Crippen LogP contribution in [0.2, 0.25) is 5.02 Å². The van der Waals surface area contributed by atoms with Crippen molar-refractivity contribution in [3.63, 3.8) is 0 Å². The fourth-order valence-electron chi connectivity index (χ4n) is 3.53. The first-order valence-corrected chi connectivity index (χ1v) is 11.0. The maximum Gasteiger partial charge on any atom is 0.247 e. The predicted molar refractivity (Wildman–Crippen MR) is 126 cm³/mol. The Morgan fingerprint density at radius 2 is 1.50 bits per heavy atom. The minimum Gasteiger partial charge on any atom is -0.395 e. The minimum absolute atomic E-state index is 0.120. The highest BCUT2D eigenvalue weighted by atomic mass is 35.5. The molecule has 0 saturated carbocycles. The van der Waals surface area contributed by atoms with Gasteiger partial charge in [-0.3, -0.25) is 9.59 Å². The molecule has 3 aromatic rings. The third-order valence-corrected chi connectivity index (χ3v) is 5.40. The molecule has 0 bridgehead atoms. The van der Waals surface area contributed by atoms with E-state index in [0.29, 0.717) is 17.0 Å². The Labute approximate surface area is 193 Å². The van der Waals surface area contributed by atoms with Gasteiger partial charge >= 0.3 is 0 Å². The maximum atomic E-state index is 13.5. The number of hydrogen-bond acceptors (Lipinski definition) is 3. The zero-order valence-corrected chi connectivity index (χ0v) is 18.5. The first-order chi connectivity index (χ1) is 15.6. The van der Waals surface area contributed by atoms with E-state index in [1.807, 2.05) is 72.8 Å². The number of carbonyl (C=O) groups excluding carboxylic acids is 2. The molecule has 3 rings (SSSR count). The van der Waals surface area contributed by atoms with E-state index < -0.39 is 6.04 Å². The number of nitrogens with one attached hydrogen (secondary N) is 1. The Hall–Kier alpha value is -3.15. The highest BCUT2D eigenvalue weighted by Gasteiger charge is 2.31. The summed E-state index contributed by atoms with van der Waals surface area (Å²) in [5.74, 6) is -0.455. The summed E-state index contributed by atoms with van der Waals surface area (Å²) in [4.78, 5) is 28.2. The van der Waals surface area contributed by atoms with E-state index in [-0.39, 0.29) is 37.9 Å². The number of rotatable bonds is 10. The molecule has 6 heteroatoms. The van der Waals surface area contributed by atoms with Crippen LogP contribution >= 0.6 is 11.6 Å². The Morgan fingerprint density at radius 1 is 0.875 bits per heavy atom. The van der Waals surface area contributed by atoms with Crippen LogP contribution in [0.3, 0.4) is 0 Å². The molecule has 2 N–H and O–H groups in total. The number of aliphatic hydroxyl groups is 1. The van der Waals surface area contributed by atoms with Crippen LogP contribution in [0.4, 0.5) is 0 Å². The summed E-state index contributed by atoms with van der Waals surface area (Å²) in [6.07, 6.45) is 0.852. The van der Waals surface area contributed by atoms with Crippen molar-refractivity contribution in [3.05, 3.63) is 107 Å². The lowest BCUT2D eigenvalue weighted by Crippen LogP contribution is -2.44. The number of aryl methyl sites for hydroxylation is 1. The highest BCUT2D eigenvalue weighted by Crippen LogP contribution is 2.25. The van der Waals surface area contributed by atoms with Crippen LogP contribution in [0, 0.1) is 0 Å². The number of halogens is 1. The molecule has 0 fully saturated rings. The van der Waals surface area contributed by atoms with Gasteiger partial charge in [0.25, 0.3) is 0 Å². The lowest BCUT2D eigenvalue weighted by Gasteiger charge is -2.32. The largest absolute Gasteiger partial charge is 0.395 e. The second-order valence-electron chi connectivity index (χ2n) is 7.46. The topological polar surface area (TPSA) is 69.6 Å². The molecule has 0 aliphatic carbocycles.